The van der Waals surface area contributed by atoms with Crippen molar-refractivity contribution in [3.05, 3.63) is 36.5 Å². The van der Waals surface area contributed by atoms with E-state index in [9.17, 15) is 30.3 Å². The number of nitrogens with one attached hydrogen (secondary N) is 1. The van der Waals surface area contributed by atoms with Crippen molar-refractivity contribution in [3.8, 4) is 0 Å². The summed E-state index contributed by atoms with van der Waals surface area (Å²) in [5.74, 6) is -0.147. The molecule has 1 saturated heterocycles. The quantitative estimate of drug-likeness (QED) is 0.0261. The van der Waals surface area contributed by atoms with Gasteiger partial charge in [-0.2, -0.15) is 0 Å². The molecule has 7 atom stereocenters. The van der Waals surface area contributed by atoms with Gasteiger partial charge < -0.3 is 40.3 Å². The maximum atomic E-state index is 13.1. The summed E-state index contributed by atoms with van der Waals surface area (Å²) in [6, 6.07) is -0.725. The summed E-state index contributed by atoms with van der Waals surface area (Å²) in [5.41, 5.74) is 0. The number of allylic oxidation sites excluding steroid dienone is 6. The molecule has 0 aliphatic carbocycles. The Morgan fingerprint density at radius 2 is 0.797 bits per heavy atom. The molecule has 9 heteroatoms. The number of rotatable bonds is 56. The van der Waals surface area contributed by atoms with Crippen LogP contribution in [0.4, 0.5) is 0 Å². The van der Waals surface area contributed by atoms with Gasteiger partial charge in [-0.1, -0.05) is 294 Å². The van der Waals surface area contributed by atoms with E-state index >= 15 is 0 Å². The summed E-state index contributed by atoms with van der Waals surface area (Å²) in [4.78, 5) is 13.1. The SMILES string of the molecule is CCCCCCC/C=C\C/C=C\C/C=C\CCCCCCCCCCC(=O)NC(COC1OC(CO)C(O)C(O)C1O)C(O)CCCCCCCCCCCCCCCCCCCCCCCCCCCCCC. The molecule has 1 rings (SSSR count). The van der Waals surface area contributed by atoms with Gasteiger partial charge in [0.15, 0.2) is 6.29 Å². The van der Waals surface area contributed by atoms with Crippen LogP contribution >= 0.6 is 0 Å². The van der Waals surface area contributed by atoms with Crippen molar-refractivity contribution >= 4 is 5.91 Å². The van der Waals surface area contributed by atoms with Gasteiger partial charge in [0.2, 0.25) is 5.91 Å². The van der Waals surface area contributed by atoms with Crippen LogP contribution in [0.1, 0.15) is 316 Å². The first kappa shape index (κ1) is 70.4. The van der Waals surface area contributed by atoms with Crippen LogP contribution in [0.25, 0.3) is 0 Å². The number of aliphatic hydroxyl groups excluding tert-OH is 5. The average molecular weight is 1050 g/mol. The lowest BCUT2D eigenvalue weighted by atomic mass is 9.99. The number of amides is 1. The second-order valence-electron chi connectivity index (χ2n) is 22.6. The molecule has 0 saturated carbocycles. The Morgan fingerprint density at radius 3 is 1.18 bits per heavy atom. The Bertz CT molecular complexity index is 1260. The van der Waals surface area contributed by atoms with E-state index < -0.39 is 49.5 Å². The van der Waals surface area contributed by atoms with Gasteiger partial charge in [-0.15, -0.1) is 0 Å². The van der Waals surface area contributed by atoms with Crippen molar-refractivity contribution in [1.82, 2.24) is 5.32 Å². The molecule has 0 aromatic rings. The second kappa shape index (κ2) is 54.8. The molecule has 0 spiro atoms. The average Bonchev–Trinajstić information content (AvgIpc) is 3.40. The Morgan fingerprint density at radius 1 is 0.459 bits per heavy atom. The second-order valence-corrected chi connectivity index (χ2v) is 22.6. The van der Waals surface area contributed by atoms with E-state index in [1.165, 1.54) is 231 Å². The number of carbonyl (C=O) groups excluding carboxylic acids is 1. The maximum Gasteiger partial charge on any atom is 0.220 e. The number of ether oxygens (including phenoxy) is 2. The van der Waals surface area contributed by atoms with Crippen LogP contribution in [0.3, 0.4) is 0 Å². The Hall–Kier alpha value is -1.59. The molecular weight excluding hydrogens is 923 g/mol. The third kappa shape index (κ3) is 43.4. The van der Waals surface area contributed by atoms with Gasteiger partial charge in [-0.3, -0.25) is 4.79 Å². The van der Waals surface area contributed by atoms with Crippen molar-refractivity contribution in [1.29, 1.82) is 0 Å². The maximum absolute atomic E-state index is 13.1. The van der Waals surface area contributed by atoms with E-state index in [2.05, 4.69) is 55.6 Å². The van der Waals surface area contributed by atoms with Gasteiger partial charge >= 0.3 is 0 Å². The minimum absolute atomic E-state index is 0.140. The lowest BCUT2D eigenvalue weighted by Crippen LogP contribution is -2.60. The van der Waals surface area contributed by atoms with Crippen molar-refractivity contribution in [2.45, 2.75) is 358 Å². The van der Waals surface area contributed by atoms with Gasteiger partial charge in [-0.05, 0) is 51.4 Å². The summed E-state index contributed by atoms with van der Waals surface area (Å²) in [7, 11) is 0. The largest absolute Gasteiger partial charge is 0.394 e. The predicted octanol–water partition coefficient (Wildman–Crippen LogP) is 16.7. The normalized spacial score (nSPS) is 19.1. The highest BCUT2D eigenvalue weighted by molar-refractivity contribution is 5.76. The first-order chi connectivity index (χ1) is 36.3. The van der Waals surface area contributed by atoms with E-state index in [4.69, 9.17) is 9.47 Å². The fourth-order valence-electron chi connectivity index (χ4n) is 10.4. The highest BCUT2D eigenvalue weighted by atomic mass is 16.7. The molecule has 6 N–H and O–H groups in total. The first-order valence-electron chi connectivity index (χ1n) is 32.2. The van der Waals surface area contributed by atoms with E-state index in [1.54, 1.807) is 0 Å². The van der Waals surface area contributed by atoms with Crippen LogP contribution in [0.15, 0.2) is 36.5 Å². The Labute approximate surface area is 457 Å². The molecule has 0 aromatic heterocycles. The number of hydrogen-bond acceptors (Lipinski definition) is 8. The van der Waals surface area contributed by atoms with Gasteiger partial charge in [0.1, 0.15) is 24.4 Å². The first-order valence-corrected chi connectivity index (χ1v) is 32.2. The zero-order valence-electron chi connectivity index (χ0n) is 48.6. The van der Waals surface area contributed by atoms with E-state index in [1.807, 2.05) is 0 Å². The van der Waals surface area contributed by atoms with Crippen LogP contribution in [0.2, 0.25) is 0 Å². The summed E-state index contributed by atoms with van der Waals surface area (Å²) in [6.45, 7) is 3.86. The molecule has 7 unspecified atom stereocenters. The Kier molecular flexibility index (Phi) is 52.1. The van der Waals surface area contributed by atoms with E-state index in [0.29, 0.717) is 12.8 Å². The topological polar surface area (TPSA) is 149 Å². The molecule has 1 heterocycles. The highest BCUT2D eigenvalue weighted by Crippen LogP contribution is 2.23. The summed E-state index contributed by atoms with van der Waals surface area (Å²) < 4.78 is 11.3. The van der Waals surface area contributed by atoms with Gasteiger partial charge in [0, 0.05) is 6.42 Å². The molecule has 9 nitrogen and oxygen atoms in total. The molecule has 0 bridgehead atoms. The molecule has 1 aliphatic heterocycles. The minimum Gasteiger partial charge on any atom is -0.394 e. The van der Waals surface area contributed by atoms with E-state index in [-0.39, 0.29) is 12.5 Å². The van der Waals surface area contributed by atoms with Gasteiger partial charge in [0.05, 0.1) is 25.4 Å². The molecule has 1 aliphatic rings. The minimum atomic E-state index is -1.56. The molecule has 1 amide bonds. The van der Waals surface area contributed by atoms with E-state index in [0.717, 1.165) is 57.8 Å². The summed E-state index contributed by atoms with van der Waals surface area (Å²) in [5, 5.41) is 54.8. The van der Waals surface area contributed by atoms with Crippen LogP contribution in [-0.2, 0) is 14.3 Å². The molecule has 0 radical (unpaired) electrons. The zero-order valence-corrected chi connectivity index (χ0v) is 48.6. The molecule has 74 heavy (non-hydrogen) atoms. The van der Waals surface area contributed by atoms with Crippen molar-refractivity contribution in [2.24, 2.45) is 0 Å². The lowest BCUT2D eigenvalue weighted by molar-refractivity contribution is -0.302. The molecule has 1 fully saturated rings. The molecular formula is C65H123NO8. The van der Waals surface area contributed by atoms with Gasteiger partial charge in [-0.25, -0.2) is 0 Å². The molecule has 436 valence electrons. The number of aliphatic hydroxyl groups is 5. The number of carbonyl (C=O) groups is 1. The monoisotopic (exact) mass is 1050 g/mol. The lowest BCUT2D eigenvalue weighted by Gasteiger charge is -2.40. The van der Waals surface area contributed by atoms with Crippen molar-refractivity contribution in [3.63, 3.8) is 0 Å². The number of unbranched alkanes of at least 4 members (excludes halogenated alkanes) is 40. The van der Waals surface area contributed by atoms with Crippen LogP contribution < -0.4 is 5.32 Å². The van der Waals surface area contributed by atoms with Crippen LogP contribution in [-0.4, -0.2) is 87.5 Å². The summed E-state index contributed by atoms with van der Waals surface area (Å²) in [6.07, 6.45) is 64.7. The summed E-state index contributed by atoms with van der Waals surface area (Å²) >= 11 is 0. The highest BCUT2D eigenvalue weighted by Gasteiger charge is 2.44. The number of hydrogen-bond donors (Lipinski definition) is 6. The van der Waals surface area contributed by atoms with Crippen molar-refractivity contribution in [2.75, 3.05) is 13.2 Å². The third-order valence-corrected chi connectivity index (χ3v) is 15.5. The van der Waals surface area contributed by atoms with Crippen LogP contribution in [0.5, 0.6) is 0 Å². The third-order valence-electron chi connectivity index (χ3n) is 15.5. The predicted molar refractivity (Wildman–Crippen MR) is 313 cm³/mol. The standard InChI is InChI=1S/C65H123NO8/c1-3-5-7-9-11-13-15-17-19-21-23-25-27-28-29-30-31-33-34-36-38-40-42-44-46-48-50-52-54-59(68)58(57-73-65-64(72)63(71)62(70)60(56-67)74-65)66-61(69)55-53-51-49-47-45-43-41-39-37-35-32-26-24-22-20-18-16-14-12-10-8-6-4-2/h16,18,22,24,32,35,58-60,62-65,67-68,70-72H,3-15,17,19-21,23,25-31,33-34,36-57H2,1-2H3,(H,66,69)/b18-16-,24-22-,35-32-. The fourth-order valence-corrected chi connectivity index (χ4v) is 10.4. The Balaban J connectivity index is 2.16. The van der Waals surface area contributed by atoms with Gasteiger partial charge in [0.25, 0.3) is 0 Å². The molecule has 0 aromatic carbocycles. The van der Waals surface area contributed by atoms with Crippen molar-refractivity contribution < 1.29 is 39.8 Å². The fraction of sp³-hybridized carbons (Fsp3) is 0.892. The zero-order chi connectivity index (χ0) is 53.6. The smallest absolute Gasteiger partial charge is 0.220 e. The van der Waals surface area contributed by atoms with Crippen LogP contribution in [0, 0.1) is 0 Å².